The first-order chi connectivity index (χ1) is 6.67. The first-order valence-electron chi connectivity index (χ1n) is 4.76. The summed E-state index contributed by atoms with van der Waals surface area (Å²) >= 11 is 3.70. The van der Waals surface area contributed by atoms with E-state index in [0.717, 1.165) is 12.2 Å². The van der Waals surface area contributed by atoms with Gasteiger partial charge >= 0.3 is 0 Å². The normalized spacial score (nSPS) is 13.1. The summed E-state index contributed by atoms with van der Waals surface area (Å²) < 4.78 is 0. The average Bonchev–Trinajstić information content (AvgIpc) is 2.45. The molecule has 0 fully saturated rings. The minimum absolute atomic E-state index is 0.551. The van der Waals surface area contributed by atoms with Crippen molar-refractivity contribution >= 4 is 23.1 Å². The summed E-state index contributed by atoms with van der Waals surface area (Å²) in [5.41, 5.74) is 1.18. The van der Waals surface area contributed by atoms with Crippen LogP contribution >= 0.6 is 23.1 Å². The van der Waals surface area contributed by atoms with E-state index in [-0.39, 0.29) is 0 Å². The Bertz CT molecular complexity index is 264. The predicted molar refractivity (Wildman–Crippen MR) is 66.5 cm³/mol. The molecule has 4 heteroatoms. The Balaban J connectivity index is 2.57. The highest BCUT2D eigenvalue weighted by atomic mass is 32.2. The Morgan fingerprint density at radius 1 is 1.50 bits per heavy atom. The molecule has 0 radical (unpaired) electrons. The van der Waals surface area contributed by atoms with Crippen molar-refractivity contribution in [3.8, 4) is 0 Å². The van der Waals surface area contributed by atoms with Gasteiger partial charge in [-0.15, -0.1) is 11.3 Å². The third-order valence-corrected chi connectivity index (χ3v) is 4.10. The van der Waals surface area contributed by atoms with Gasteiger partial charge in [-0.2, -0.15) is 11.8 Å². The molecule has 1 aromatic rings. The van der Waals surface area contributed by atoms with Crippen LogP contribution in [0.3, 0.4) is 0 Å². The van der Waals surface area contributed by atoms with Gasteiger partial charge in [0.1, 0.15) is 0 Å². The lowest BCUT2D eigenvalue weighted by Gasteiger charge is -2.12. The van der Waals surface area contributed by atoms with Crippen LogP contribution in [0.25, 0.3) is 0 Å². The van der Waals surface area contributed by atoms with Crippen LogP contribution < -0.4 is 5.32 Å². The summed E-state index contributed by atoms with van der Waals surface area (Å²) in [5.74, 6) is 1.15. The molecule has 80 valence electrons. The number of hydrogen-bond donors (Lipinski definition) is 1. The lowest BCUT2D eigenvalue weighted by molar-refractivity contribution is 0.615. The van der Waals surface area contributed by atoms with Crippen LogP contribution in [0.2, 0.25) is 0 Å². The molecule has 0 aliphatic heterocycles. The third-order valence-electron chi connectivity index (χ3n) is 2.27. The van der Waals surface area contributed by atoms with E-state index in [4.69, 9.17) is 0 Å². The molecule has 2 nitrogen and oxygen atoms in total. The summed E-state index contributed by atoms with van der Waals surface area (Å²) in [4.78, 5) is 5.90. The van der Waals surface area contributed by atoms with Crippen LogP contribution in [0.4, 0.5) is 0 Å². The number of aromatic nitrogens is 1. The van der Waals surface area contributed by atoms with Crippen LogP contribution in [-0.2, 0) is 6.42 Å². The second kappa shape index (κ2) is 5.73. The van der Waals surface area contributed by atoms with Gasteiger partial charge in [0.05, 0.1) is 10.7 Å². The van der Waals surface area contributed by atoms with Gasteiger partial charge in [0.2, 0.25) is 0 Å². The Morgan fingerprint density at radius 2 is 2.21 bits per heavy atom. The Hall–Kier alpha value is -0.0600. The summed E-state index contributed by atoms with van der Waals surface area (Å²) in [5, 5.41) is 4.58. The van der Waals surface area contributed by atoms with Gasteiger partial charge in [-0.05, 0) is 27.2 Å². The highest BCUT2D eigenvalue weighted by molar-refractivity contribution is 7.98. The average molecular weight is 230 g/mol. The quantitative estimate of drug-likeness (QED) is 0.840. The first kappa shape index (κ1) is 12.0. The Labute approximate surface area is 94.5 Å². The van der Waals surface area contributed by atoms with Gasteiger partial charge in [0, 0.05) is 23.1 Å². The van der Waals surface area contributed by atoms with Crippen LogP contribution in [-0.4, -0.2) is 30.1 Å². The van der Waals surface area contributed by atoms with Crippen molar-refractivity contribution in [3.63, 3.8) is 0 Å². The monoisotopic (exact) mass is 230 g/mol. The zero-order valence-electron chi connectivity index (χ0n) is 9.26. The first-order valence-corrected chi connectivity index (χ1v) is 6.97. The molecule has 0 saturated heterocycles. The second-order valence-corrected chi connectivity index (χ2v) is 5.59. The van der Waals surface area contributed by atoms with Gasteiger partial charge in [0.25, 0.3) is 0 Å². The zero-order chi connectivity index (χ0) is 10.6. The molecule has 1 heterocycles. The largest absolute Gasteiger partial charge is 0.316 e. The van der Waals surface area contributed by atoms with Crippen molar-refractivity contribution in [2.45, 2.75) is 26.3 Å². The minimum atomic E-state index is 0.551. The molecule has 14 heavy (non-hydrogen) atoms. The lowest BCUT2D eigenvalue weighted by atomic mass is 10.2. The van der Waals surface area contributed by atoms with Gasteiger partial charge in [0.15, 0.2) is 0 Å². The summed E-state index contributed by atoms with van der Waals surface area (Å²) in [6, 6.07) is 0.551. The van der Waals surface area contributed by atoms with Crippen LogP contribution in [0.1, 0.15) is 15.6 Å². The van der Waals surface area contributed by atoms with Gasteiger partial charge in [-0.25, -0.2) is 4.98 Å². The van der Waals surface area contributed by atoms with Crippen molar-refractivity contribution in [2.24, 2.45) is 0 Å². The standard InChI is InChI=1S/C10H18N2S2/c1-7-8(2)14-10(12-7)5-9(11-3)6-13-4/h9,11H,5-6H2,1-4H3. The van der Waals surface area contributed by atoms with Gasteiger partial charge in [-0.3, -0.25) is 0 Å². The zero-order valence-corrected chi connectivity index (χ0v) is 10.9. The maximum Gasteiger partial charge on any atom is 0.0946 e. The van der Waals surface area contributed by atoms with Crippen molar-refractivity contribution in [3.05, 3.63) is 15.6 Å². The smallest absolute Gasteiger partial charge is 0.0946 e. The highest BCUT2D eigenvalue weighted by Crippen LogP contribution is 2.18. The summed E-state index contributed by atoms with van der Waals surface area (Å²) in [7, 11) is 2.02. The SMILES string of the molecule is CNC(CSC)Cc1nc(C)c(C)s1. The van der Waals surface area contributed by atoms with Gasteiger partial charge in [-0.1, -0.05) is 0 Å². The molecule has 0 aliphatic carbocycles. The minimum Gasteiger partial charge on any atom is -0.316 e. The molecular weight excluding hydrogens is 212 g/mol. The molecule has 0 saturated carbocycles. The maximum atomic E-state index is 4.55. The van der Waals surface area contributed by atoms with E-state index in [1.165, 1.54) is 15.6 Å². The molecule has 0 spiro atoms. The highest BCUT2D eigenvalue weighted by Gasteiger charge is 2.10. The van der Waals surface area contributed by atoms with Crippen LogP contribution in [0.15, 0.2) is 0 Å². The number of thiazole rings is 1. The predicted octanol–water partition coefficient (Wildman–Crippen LogP) is 2.25. The van der Waals surface area contributed by atoms with E-state index in [1.807, 2.05) is 30.1 Å². The second-order valence-electron chi connectivity index (χ2n) is 3.39. The number of likely N-dealkylation sites (N-methyl/N-ethyl adjacent to an activating group) is 1. The van der Waals surface area contributed by atoms with E-state index in [1.54, 1.807) is 0 Å². The molecule has 1 aromatic heterocycles. The summed E-state index contributed by atoms with van der Waals surface area (Å²) in [6.07, 6.45) is 3.19. The topological polar surface area (TPSA) is 24.9 Å². The maximum absolute atomic E-state index is 4.55. The summed E-state index contributed by atoms with van der Waals surface area (Å²) in [6.45, 7) is 4.22. The molecule has 1 unspecified atom stereocenters. The number of nitrogens with zero attached hydrogens (tertiary/aromatic N) is 1. The van der Waals surface area contributed by atoms with Gasteiger partial charge < -0.3 is 5.32 Å². The molecule has 1 rings (SSSR count). The number of aryl methyl sites for hydroxylation is 2. The number of rotatable bonds is 5. The fourth-order valence-electron chi connectivity index (χ4n) is 1.28. The van der Waals surface area contributed by atoms with Crippen LogP contribution in [0.5, 0.6) is 0 Å². The molecule has 0 aromatic carbocycles. The Morgan fingerprint density at radius 3 is 2.64 bits per heavy atom. The number of thioether (sulfide) groups is 1. The van der Waals surface area contributed by atoms with E-state index < -0.39 is 0 Å². The number of hydrogen-bond acceptors (Lipinski definition) is 4. The van der Waals surface area contributed by atoms with E-state index >= 15 is 0 Å². The van der Waals surface area contributed by atoms with E-state index in [0.29, 0.717) is 6.04 Å². The number of nitrogens with one attached hydrogen (secondary N) is 1. The molecule has 0 aliphatic rings. The lowest BCUT2D eigenvalue weighted by Crippen LogP contribution is -2.29. The molecule has 1 N–H and O–H groups in total. The fraction of sp³-hybridized carbons (Fsp3) is 0.700. The van der Waals surface area contributed by atoms with E-state index in [9.17, 15) is 0 Å². The van der Waals surface area contributed by atoms with Crippen molar-refractivity contribution in [1.29, 1.82) is 0 Å². The Kier molecular flexibility index (Phi) is 4.92. The van der Waals surface area contributed by atoms with E-state index in [2.05, 4.69) is 30.4 Å². The van der Waals surface area contributed by atoms with Crippen molar-refractivity contribution in [1.82, 2.24) is 10.3 Å². The molecule has 1 atom stereocenters. The van der Waals surface area contributed by atoms with Crippen molar-refractivity contribution in [2.75, 3.05) is 19.1 Å². The molecule has 0 bridgehead atoms. The molecule has 0 amide bonds. The third kappa shape index (κ3) is 3.26. The van der Waals surface area contributed by atoms with Crippen molar-refractivity contribution < 1.29 is 0 Å². The van der Waals surface area contributed by atoms with Crippen LogP contribution in [0, 0.1) is 13.8 Å². The fourth-order valence-corrected chi connectivity index (χ4v) is 2.98. The molecular formula is C10H18N2S2.